The zero-order chi connectivity index (χ0) is 19.8. The Labute approximate surface area is 166 Å². The predicted octanol–water partition coefficient (Wildman–Crippen LogP) is 2.97. The van der Waals surface area contributed by atoms with E-state index in [0.29, 0.717) is 36.2 Å². The molecule has 1 aliphatic heterocycles. The lowest BCUT2D eigenvalue weighted by Gasteiger charge is -2.19. The third kappa shape index (κ3) is 3.36. The van der Waals surface area contributed by atoms with Gasteiger partial charge in [0.05, 0.1) is 10.6 Å². The summed E-state index contributed by atoms with van der Waals surface area (Å²) in [4.78, 5) is 8.77. The molecule has 1 N–H and O–H groups in total. The molecule has 0 bridgehead atoms. The quantitative estimate of drug-likeness (QED) is 0.558. The summed E-state index contributed by atoms with van der Waals surface area (Å²) in [6.45, 7) is 0.843. The monoisotopic (exact) mass is 408 g/mol. The van der Waals surface area contributed by atoms with E-state index in [0.717, 1.165) is 11.3 Å². The van der Waals surface area contributed by atoms with E-state index < -0.39 is 10.0 Å². The SMILES string of the molecule is O=S(=O)(Nc1ccc(-c2cn3cccnc3n2)cc1)c1ccc2c(c1)OCCO2. The summed E-state index contributed by atoms with van der Waals surface area (Å²) in [5.41, 5.74) is 2.06. The van der Waals surface area contributed by atoms with Crippen LogP contribution in [0.2, 0.25) is 0 Å². The van der Waals surface area contributed by atoms with Crippen molar-refractivity contribution in [3.05, 3.63) is 67.1 Å². The summed E-state index contributed by atoms with van der Waals surface area (Å²) in [7, 11) is -3.76. The van der Waals surface area contributed by atoms with Crippen LogP contribution in [0.15, 0.2) is 72.0 Å². The van der Waals surface area contributed by atoms with Crippen LogP contribution in [0, 0.1) is 0 Å². The largest absolute Gasteiger partial charge is 0.486 e. The molecule has 0 saturated carbocycles. The molecule has 2 aromatic carbocycles. The van der Waals surface area contributed by atoms with Gasteiger partial charge in [-0.25, -0.2) is 18.4 Å². The highest BCUT2D eigenvalue weighted by atomic mass is 32.2. The molecule has 0 unspecified atom stereocenters. The van der Waals surface area contributed by atoms with Crippen molar-refractivity contribution in [3.63, 3.8) is 0 Å². The molecule has 8 nitrogen and oxygen atoms in total. The summed E-state index contributed by atoms with van der Waals surface area (Å²) in [6.07, 6.45) is 5.42. The minimum atomic E-state index is -3.76. The number of imidazole rings is 1. The number of ether oxygens (including phenoxy) is 2. The number of hydrogen-bond acceptors (Lipinski definition) is 6. The van der Waals surface area contributed by atoms with Crippen LogP contribution in [-0.2, 0) is 10.0 Å². The lowest BCUT2D eigenvalue weighted by molar-refractivity contribution is 0.171. The van der Waals surface area contributed by atoms with E-state index in [-0.39, 0.29) is 4.90 Å². The van der Waals surface area contributed by atoms with Crippen LogP contribution in [0.3, 0.4) is 0 Å². The van der Waals surface area contributed by atoms with Gasteiger partial charge >= 0.3 is 0 Å². The van der Waals surface area contributed by atoms with Gasteiger partial charge in [0, 0.05) is 35.9 Å². The van der Waals surface area contributed by atoms with Crippen LogP contribution in [0.4, 0.5) is 5.69 Å². The Morgan fingerprint density at radius 1 is 1.00 bits per heavy atom. The van der Waals surface area contributed by atoms with E-state index in [9.17, 15) is 8.42 Å². The third-order valence-corrected chi connectivity index (χ3v) is 5.87. The average Bonchev–Trinajstić information content (AvgIpc) is 3.18. The van der Waals surface area contributed by atoms with Gasteiger partial charge in [0.15, 0.2) is 11.5 Å². The molecule has 0 spiro atoms. The number of aromatic nitrogens is 3. The number of nitrogens with zero attached hydrogens (tertiary/aromatic N) is 3. The lowest BCUT2D eigenvalue weighted by Crippen LogP contribution is -2.17. The highest BCUT2D eigenvalue weighted by Crippen LogP contribution is 2.33. The minimum absolute atomic E-state index is 0.109. The van der Waals surface area contributed by atoms with Crippen molar-refractivity contribution in [1.29, 1.82) is 0 Å². The molecule has 29 heavy (non-hydrogen) atoms. The second-order valence-electron chi connectivity index (χ2n) is 6.44. The molecule has 1 aliphatic rings. The summed E-state index contributed by atoms with van der Waals surface area (Å²) >= 11 is 0. The topological polar surface area (TPSA) is 94.8 Å². The maximum atomic E-state index is 12.7. The molecule has 0 aliphatic carbocycles. The first-order valence-electron chi connectivity index (χ1n) is 8.91. The molecule has 9 heteroatoms. The van der Waals surface area contributed by atoms with Gasteiger partial charge in [-0.2, -0.15) is 0 Å². The maximum Gasteiger partial charge on any atom is 0.262 e. The van der Waals surface area contributed by atoms with Gasteiger partial charge in [0.2, 0.25) is 5.78 Å². The predicted molar refractivity (Wildman–Crippen MR) is 107 cm³/mol. The van der Waals surface area contributed by atoms with Crippen molar-refractivity contribution < 1.29 is 17.9 Å². The molecule has 0 amide bonds. The van der Waals surface area contributed by atoms with Gasteiger partial charge in [-0.05, 0) is 30.3 Å². The maximum absolute atomic E-state index is 12.7. The Morgan fingerprint density at radius 3 is 2.59 bits per heavy atom. The van der Waals surface area contributed by atoms with Gasteiger partial charge in [-0.15, -0.1) is 0 Å². The molecule has 0 saturated heterocycles. The zero-order valence-corrected chi connectivity index (χ0v) is 16.0. The molecule has 2 aromatic heterocycles. The number of benzene rings is 2. The number of nitrogens with one attached hydrogen (secondary N) is 1. The van der Waals surface area contributed by atoms with E-state index in [1.54, 1.807) is 24.4 Å². The number of rotatable bonds is 4. The second kappa shape index (κ2) is 6.78. The normalized spacial score (nSPS) is 13.4. The van der Waals surface area contributed by atoms with Gasteiger partial charge in [-0.3, -0.25) is 9.12 Å². The van der Waals surface area contributed by atoms with Gasteiger partial charge in [0.25, 0.3) is 10.0 Å². The van der Waals surface area contributed by atoms with Gasteiger partial charge in [-0.1, -0.05) is 12.1 Å². The van der Waals surface area contributed by atoms with E-state index in [4.69, 9.17) is 9.47 Å². The van der Waals surface area contributed by atoms with E-state index in [2.05, 4.69) is 14.7 Å². The highest BCUT2D eigenvalue weighted by molar-refractivity contribution is 7.92. The molecular formula is C20H16N4O4S. The van der Waals surface area contributed by atoms with Crippen molar-refractivity contribution >= 4 is 21.5 Å². The Kier molecular flexibility index (Phi) is 4.09. The average molecular weight is 408 g/mol. The molecule has 146 valence electrons. The van der Waals surface area contributed by atoms with Gasteiger partial charge < -0.3 is 9.47 Å². The number of anilines is 1. The Hall–Kier alpha value is -3.59. The standard InChI is InChI=1S/C20H16N4O4S/c25-29(26,16-6-7-18-19(12-16)28-11-10-27-18)23-15-4-2-14(3-5-15)17-13-24-9-1-8-21-20(24)22-17/h1-9,12-13,23H,10-11H2. The Morgan fingerprint density at radius 2 is 1.79 bits per heavy atom. The van der Waals surface area contributed by atoms with Crippen LogP contribution >= 0.6 is 0 Å². The first kappa shape index (κ1) is 17.5. The fraction of sp³-hybridized carbons (Fsp3) is 0.100. The highest BCUT2D eigenvalue weighted by Gasteiger charge is 2.19. The van der Waals surface area contributed by atoms with E-state index in [1.165, 1.54) is 12.1 Å². The second-order valence-corrected chi connectivity index (χ2v) is 8.12. The Bertz CT molecular complexity index is 1270. The van der Waals surface area contributed by atoms with E-state index in [1.807, 2.05) is 35.0 Å². The van der Waals surface area contributed by atoms with Crippen LogP contribution in [0.25, 0.3) is 17.0 Å². The fourth-order valence-electron chi connectivity index (χ4n) is 3.08. The van der Waals surface area contributed by atoms with Crippen LogP contribution < -0.4 is 14.2 Å². The van der Waals surface area contributed by atoms with Crippen molar-refractivity contribution in [3.8, 4) is 22.8 Å². The fourth-order valence-corrected chi connectivity index (χ4v) is 4.16. The van der Waals surface area contributed by atoms with Crippen molar-refractivity contribution in [2.45, 2.75) is 4.90 Å². The van der Waals surface area contributed by atoms with Crippen LogP contribution in [-0.4, -0.2) is 36.0 Å². The number of fused-ring (bicyclic) bond motifs is 2. The summed E-state index contributed by atoms with van der Waals surface area (Å²) < 4.78 is 40.8. The Balaban J connectivity index is 1.38. The molecule has 5 rings (SSSR count). The van der Waals surface area contributed by atoms with Crippen molar-refractivity contribution in [1.82, 2.24) is 14.4 Å². The first-order valence-corrected chi connectivity index (χ1v) is 10.4. The molecular weight excluding hydrogens is 392 g/mol. The molecule has 4 aromatic rings. The van der Waals surface area contributed by atoms with Crippen LogP contribution in [0.5, 0.6) is 11.5 Å². The molecule has 0 atom stereocenters. The number of sulfonamides is 1. The zero-order valence-electron chi connectivity index (χ0n) is 15.1. The third-order valence-electron chi connectivity index (χ3n) is 4.49. The van der Waals surface area contributed by atoms with Crippen LogP contribution in [0.1, 0.15) is 0 Å². The van der Waals surface area contributed by atoms with Gasteiger partial charge in [0.1, 0.15) is 13.2 Å². The van der Waals surface area contributed by atoms with Crippen molar-refractivity contribution in [2.24, 2.45) is 0 Å². The molecule has 0 fully saturated rings. The molecule has 0 radical (unpaired) electrons. The molecule has 3 heterocycles. The van der Waals surface area contributed by atoms with Crippen molar-refractivity contribution in [2.75, 3.05) is 17.9 Å². The summed E-state index contributed by atoms with van der Waals surface area (Å²) in [5.74, 6) is 1.57. The summed E-state index contributed by atoms with van der Waals surface area (Å²) in [6, 6.07) is 13.4. The first-order chi connectivity index (χ1) is 14.1. The number of hydrogen-bond donors (Lipinski definition) is 1. The summed E-state index contributed by atoms with van der Waals surface area (Å²) in [5, 5.41) is 0. The van der Waals surface area contributed by atoms with E-state index >= 15 is 0 Å². The smallest absolute Gasteiger partial charge is 0.262 e. The minimum Gasteiger partial charge on any atom is -0.486 e. The lowest BCUT2D eigenvalue weighted by atomic mass is 10.1.